The van der Waals surface area contributed by atoms with E-state index < -0.39 is 0 Å². The summed E-state index contributed by atoms with van der Waals surface area (Å²) in [5.74, 6) is 1.71. The van der Waals surface area contributed by atoms with Gasteiger partial charge in [0.25, 0.3) is 0 Å². The molecule has 6 heteroatoms. The van der Waals surface area contributed by atoms with Crippen LogP contribution in [0.25, 0.3) is 0 Å². The zero-order valence-corrected chi connectivity index (χ0v) is 12.0. The molecule has 0 amide bonds. The number of hydrogen-bond donors (Lipinski definition) is 2. The molecule has 19 heavy (non-hydrogen) atoms. The fraction of sp³-hybridized carbons (Fsp3) is 0.385. The van der Waals surface area contributed by atoms with E-state index in [4.69, 9.17) is 4.74 Å². The highest BCUT2D eigenvalue weighted by molar-refractivity contribution is 7.09. The first kappa shape index (κ1) is 13.8. The Balaban J connectivity index is 1.91. The van der Waals surface area contributed by atoms with Gasteiger partial charge >= 0.3 is 0 Å². The van der Waals surface area contributed by atoms with Crippen LogP contribution in [0.2, 0.25) is 0 Å². The van der Waals surface area contributed by atoms with Crippen molar-refractivity contribution in [2.75, 3.05) is 32.6 Å². The lowest BCUT2D eigenvalue weighted by atomic mass is 10.1. The Hall–Kier alpha value is -1.66. The van der Waals surface area contributed by atoms with Crippen LogP contribution in [0.1, 0.15) is 11.4 Å². The summed E-state index contributed by atoms with van der Waals surface area (Å²) in [6.07, 6.45) is 0.744. The average Bonchev–Trinajstić information content (AvgIpc) is 2.88. The summed E-state index contributed by atoms with van der Waals surface area (Å²) < 4.78 is 9.48. The van der Waals surface area contributed by atoms with Crippen molar-refractivity contribution in [3.05, 3.63) is 35.7 Å². The third kappa shape index (κ3) is 4.18. The van der Waals surface area contributed by atoms with Crippen LogP contribution < -0.4 is 15.4 Å². The molecule has 0 spiro atoms. The molecule has 1 aromatic heterocycles. The second kappa shape index (κ2) is 7.06. The molecule has 2 rings (SSSR count). The van der Waals surface area contributed by atoms with Crippen LogP contribution in [0.5, 0.6) is 5.75 Å². The third-order valence-electron chi connectivity index (χ3n) is 2.64. The Morgan fingerprint density at radius 2 is 2.00 bits per heavy atom. The number of nitrogens with one attached hydrogen (secondary N) is 2. The molecule has 102 valence electrons. The maximum atomic E-state index is 5.13. The van der Waals surface area contributed by atoms with Crippen molar-refractivity contribution in [2.24, 2.45) is 0 Å². The van der Waals surface area contributed by atoms with E-state index in [0.29, 0.717) is 0 Å². The zero-order valence-electron chi connectivity index (χ0n) is 11.1. The van der Waals surface area contributed by atoms with Gasteiger partial charge in [0.1, 0.15) is 11.6 Å². The van der Waals surface area contributed by atoms with Crippen molar-refractivity contribution in [3.8, 4) is 5.75 Å². The minimum atomic E-state index is 0.744. The predicted octanol–water partition coefficient (Wildman–Crippen LogP) is 1.77. The molecular formula is C13H18N4OS. The molecule has 0 aliphatic heterocycles. The first-order valence-electron chi connectivity index (χ1n) is 6.16. The van der Waals surface area contributed by atoms with E-state index in [2.05, 4.69) is 20.0 Å². The number of ether oxygens (including phenoxy) is 1. The molecule has 2 aromatic rings. The predicted molar refractivity (Wildman–Crippen MR) is 78.1 cm³/mol. The SMILES string of the molecule is CNCCNc1nc(Cc2ccc(OC)cc2)ns1. The lowest BCUT2D eigenvalue weighted by Gasteiger charge is -2.01. The summed E-state index contributed by atoms with van der Waals surface area (Å²) in [6.45, 7) is 1.76. The first-order chi connectivity index (χ1) is 9.31. The minimum absolute atomic E-state index is 0.744. The molecule has 5 nitrogen and oxygen atoms in total. The fourth-order valence-electron chi connectivity index (χ4n) is 1.62. The van der Waals surface area contributed by atoms with Crippen molar-refractivity contribution in [1.29, 1.82) is 0 Å². The summed E-state index contributed by atoms with van der Waals surface area (Å²) in [4.78, 5) is 4.46. The monoisotopic (exact) mass is 278 g/mol. The van der Waals surface area contributed by atoms with Gasteiger partial charge in [-0.05, 0) is 24.7 Å². The summed E-state index contributed by atoms with van der Waals surface area (Å²) in [5.41, 5.74) is 1.18. The van der Waals surface area contributed by atoms with E-state index >= 15 is 0 Å². The molecule has 0 unspecified atom stereocenters. The summed E-state index contributed by atoms with van der Waals surface area (Å²) in [7, 11) is 3.59. The van der Waals surface area contributed by atoms with Crippen molar-refractivity contribution in [1.82, 2.24) is 14.7 Å². The summed E-state index contributed by atoms with van der Waals surface area (Å²) in [5, 5.41) is 7.18. The van der Waals surface area contributed by atoms with E-state index in [0.717, 1.165) is 36.2 Å². The van der Waals surface area contributed by atoms with Gasteiger partial charge in [0.2, 0.25) is 5.13 Å². The Kier molecular flexibility index (Phi) is 5.11. The fourth-order valence-corrected chi connectivity index (χ4v) is 2.23. The molecule has 0 aliphatic carbocycles. The molecule has 0 atom stereocenters. The number of likely N-dealkylation sites (N-methyl/N-ethyl adjacent to an activating group) is 1. The third-order valence-corrected chi connectivity index (χ3v) is 3.35. The van der Waals surface area contributed by atoms with Gasteiger partial charge in [0.05, 0.1) is 7.11 Å². The van der Waals surface area contributed by atoms with Crippen LogP contribution >= 0.6 is 11.5 Å². The van der Waals surface area contributed by atoms with E-state index in [9.17, 15) is 0 Å². The van der Waals surface area contributed by atoms with Gasteiger partial charge in [0, 0.05) is 31.0 Å². The average molecular weight is 278 g/mol. The number of aromatic nitrogens is 2. The normalized spacial score (nSPS) is 10.4. The largest absolute Gasteiger partial charge is 0.497 e. The topological polar surface area (TPSA) is 59.1 Å². The van der Waals surface area contributed by atoms with Crippen molar-refractivity contribution in [2.45, 2.75) is 6.42 Å². The maximum absolute atomic E-state index is 5.13. The van der Waals surface area contributed by atoms with Crippen molar-refractivity contribution in [3.63, 3.8) is 0 Å². The number of hydrogen-bond acceptors (Lipinski definition) is 6. The van der Waals surface area contributed by atoms with Gasteiger partial charge in [-0.25, -0.2) is 4.98 Å². The van der Waals surface area contributed by atoms with Crippen LogP contribution in [0.4, 0.5) is 5.13 Å². The lowest BCUT2D eigenvalue weighted by Crippen LogP contribution is -2.17. The Bertz CT molecular complexity index is 498. The summed E-state index contributed by atoms with van der Waals surface area (Å²) in [6, 6.07) is 7.98. The molecule has 2 N–H and O–H groups in total. The van der Waals surface area contributed by atoms with Gasteiger partial charge in [-0.15, -0.1) is 0 Å². The molecule has 1 aromatic carbocycles. The zero-order chi connectivity index (χ0) is 13.5. The van der Waals surface area contributed by atoms with Crippen LogP contribution in [0, 0.1) is 0 Å². The molecule has 0 bridgehead atoms. The van der Waals surface area contributed by atoms with Gasteiger partial charge in [-0.3, -0.25) is 0 Å². The quantitative estimate of drug-likeness (QED) is 0.756. The molecule has 0 saturated carbocycles. The summed E-state index contributed by atoms with van der Waals surface area (Å²) >= 11 is 1.40. The van der Waals surface area contributed by atoms with Crippen LogP contribution in [-0.2, 0) is 6.42 Å². The van der Waals surface area contributed by atoms with Crippen molar-refractivity contribution >= 4 is 16.7 Å². The highest BCUT2D eigenvalue weighted by Gasteiger charge is 2.04. The van der Waals surface area contributed by atoms with Gasteiger partial charge in [-0.1, -0.05) is 12.1 Å². The Morgan fingerprint density at radius 1 is 1.21 bits per heavy atom. The molecule has 0 saturated heterocycles. The highest BCUT2D eigenvalue weighted by atomic mass is 32.1. The van der Waals surface area contributed by atoms with E-state index in [1.807, 2.05) is 31.3 Å². The molecule has 1 heterocycles. The van der Waals surface area contributed by atoms with E-state index in [1.54, 1.807) is 7.11 Å². The van der Waals surface area contributed by atoms with Crippen LogP contribution in [0.3, 0.4) is 0 Å². The van der Waals surface area contributed by atoms with Gasteiger partial charge in [0.15, 0.2) is 0 Å². The van der Waals surface area contributed by atoms with Gasteiger partial charge in [-0.2, -0.15) is 4.37 Å². The number of nitrogens with zero attached hydrogens (tertiary/aromatic N) is 2. The van der Waals surface area contributed by atoms with Crippen molar-refractivity contribution < 1.29 is 4.74 Å². The molecule has 0 aliphatic rings. The first-order valence-corrected chi connectivity index (χ1v) is 6.93. The number of rotatable bonds is 7. The maximum Gasteiger partial charge on any atom is 0.202 e. The lowest BCUT2D eigenvalue weighted by molar-refractivity contribution is 0.414. The standard InChI is InChI=1S/C13H18N4OS/c1-14-7-8-15-13-16-12(17-19-13)9-10-3-5-11(18-2)6-4-10/h3-6,14H,7-9H2,1-2H3,(H,15,16,17). The Labute approximate surface area is 117 Å². The molecule has 0 fully saturated rings. The molecular weight excluding hydrogens is 260 g/mol. The smallest absolute Gasteiger partial charge is 0.202 e. The second-order valence-electron chi connectivity index (χ2n) is 4.07. The Morgan fingerprint density at radius 3 is 2.68 bits per heavy atom. The van der Waals surface area contributed by atoms with E-state index in [-0.39, 0.29) is 0 Å². The van der Waals surface area contributed by atoms with Crippen LogP contribution in [0.15, 0.2) is 24.3 Å². The number of benzene rings is 1. The van der Waals surface area contributed by atoms with Crippen LogP contribution in [-0.4, -0.2) is 36.6 Å². The highest BCUT2D eigenvalue weighted by Crippen LogP contribution is 2.16. The number of anilines is 1. The second-order valence-corrected chi connectivity index (χ2v) is 4.82. The number of methoxy groups -OCH3 is 1. The van der Waals surface area contributed by atoms with E-state index in [1.165, 1.54) is 17.1 Å². The van der Waals surface area contributed by atoms with Gasteiger partial charge < -0.3 is 15.4 Å². The minimum Gasteiger partial charge on any atom is -0.497 e. The molecule has 0 radical (unpaired) electrons.